The fourth-order valence-corrected chi connectivity index (χ4v) is 10.0. The standard InChI is InChI=1S/C33H50N4O4S/c1-24(2)37-32(39)35(22-25-11-16-41-17-12-25)23-33(37)20-28-8-9-29(21-33)36(28)15-10-30(26-6-4-3-5-7-26)34-31(38)27-13-18-42(40)19-14-27/h3-7,24-25,27-30H,8-23H2,1-2H3,(H,34,38)/t27?,28?,29?,30-,33?,42?/m0/s1. The molecule has 0 radical (unpaired) electrons. The number of fused-ring (bicyclic) bond motifs is 2. The van der Waals surface area contributed by atoms with Gasteiger partial charge in [-0.3, -0.25) is 9.69 Å². The van der Waals surface area contributed by atoms with Crippen LogP contribution in [0.2, 0.25) is 0 Å². The van der Waals surface area contributed by atoms with Gasteiger partial charge in [-0.1, -0.05) is 41.5 Å². The van der Waals surface area contributed by atoms with Gasteiger partial charge in [-0.15, -0.1) is 0 Å². The number of piperidine rings is 1. The van der Waals surface area contributed by atoms with Crippen LogP contribution in [0.3, 0.4) is 0 Å². The van der Waals surface area contributed by atoms with E-state index < -0.39 is 11.2 Å². The van der Waals surface area contributed by atoms with Gasteiger partial charge in [0, 0.05) is 69.7 Å². The highest BCUT2D eigenvalue weighted by molar-refractivity contribution is 7.91. The van der Waals surface area contributed by atoms with Crippen LogP contribution in [0.15, 0.2) is 30.3 Å². The summed E-state index contributed by atoms with van der Waals surface area (Å²) in [7, 11) is 0. The quantitative estimate of drug-likeness (QED) is 0.428. The van der Waals surface area contributed by atoms with Crippen LogP contribution in [0.1, 0.15) is 83.2 Å². The second-order valence-corrected chi connectivity index (χ2v) is 15.5. The van der Waals surface area contributed by atoms with Gasteiger partial charge in [-0.05, 0) is 70.3 Å². The molecule has 5 fully saturated rings. The number of urea groups is 1. The first kappa shape index (κ1) is 30.2. The van der Waals surface area contributed by atoms with E-state index in [4.69, 9.17) is 4.74 Å². The maximum Gasteiger partial charge on any atom is 0.320 e. The minimum absolute atomic E-state index is 0.0309. The summed E-state index contributed by atoms with van der Waals surface area (Å²) in [4.78, 5) is 34.2. The molecule has 0 saturated carbocycles. The van der Waals surface area contributed by atoms with Crippen molar-refractivity contribution in [1.29, 1.82) is 0 Å². The molecule has 5 aliphatic heterocycles. The van der Waals surface area contributed by atoms with Crippen LogP contribution in [0.4, 0.5) is 4.79 Å². The van der Waals surface area contributed by atoms with Crippen LogP contribution in [0, 0.1) is 11.8 Å². The minimum Gasteiger partial charge on any atom is -0.616 e. The number of hydrogen-bond donors (Lipinski definition) is 1. The largest absolute Gasteiger partial charge is 0.616 e. The summed E-state index contributed by atoms with van der Waals surface area (Å²) in [5.74, 6) is 1.89. The Kier molecular flexibility index (Phi) is 9.39. The topological polar surface area (TPSA) is 88.2 Å². The third-order valence-electron chi connectivity index (χ3n) is 10.8. The number of nitrogens with one attached hydrogen (secondary N) is 1. The van der Waals surface area contributed by atoms with Gasteiger partial charge in [0.25, 0.3) is 0 Å². The van der Waals surface area contributed by atoms with Crippen LogP contribution in [0.5, 0.6) is 0 Å². The fourth-order valence-electron chi connectivity index (χ4n) is 8.74. The van der Waals surface area contributed by atoms with E-state index in [1.807, 2.05) is 6.07 Å². The van der Waals surface area contributed by atoms with Crippen LogP contribution < -0.4 is 5.32 Å². The van der Waals surface area contributed by atoms with Gasteiger partial charge in [0.1, 0.15) is 11.5 Å². The number of carbonyl (C=O) groups is 2. The smallest absolute Gasteiger partial charge is 0.320 e. The van der Waals surface area contributed by atoms with Crippen molar-refractivity contribution >= 4 is 23.1 Å². The summed E-state index contributed by atoms with van der Waals surface area (Å²) >= 11 is -0.770. The Hall–Kier alpha value is -1.81. The molecule has 5 heterocycles. The molecule has 42 heavy (non-hydrogen) atoms. The van der Waals surface area contributed by atoms with Crippen LogP contribution in [0.25, 0.3) is 0 Å². The van der Waals surface area contributed by atoms with Crippen LogP contribution in [-0.2, 0) is 20.7 Å². The molecule has 2 bridgehead atoms. The molecular weight excluding hydrogens is 548 g/mol. The van der Waals surface area contributed by atoms with E-state index in [1.54, 1.807) is 0 Å². The average molecular weight is 599 g/mol. The fraction of sp³-hybridized carbons (Fsp3) is 0.758. The Morgan fingerprint density at radius 2 is 1.71 bits per heavy atom. The Labute approximate surface area is 255 Å². The van der Waals surface area contributed by atoms with E-state index in [1.165, 1.54) is 12.8 Å². The maximum atomic E-state index is 13.8. The van der Waals surface area contributed by atoms with E-state index in [0.29, 0.717) is 29.5 Å². The Bertz CT molecular complexity index is 1060. The lowest BCUT2D eigenvalue weighted by atomic mass is 9.81. The second-order valence-electron chi connectivity index (χ2n) is 13.8. The predicted octanol–water partition coefficient (Wildman–Crippen LogP) is 4.33. The molecule has 1 aromatic carbocycles. The van der Waals surface area contributed by atoms with Crippen LogP contribution in [-0.4, -0.2) is 99.2 Å². The number of benzene rings is 1. The summed E-state index contributed by atoms with van der Waals surface area (Å²) in [6.07, 6.45) is 8.87. The van der Waals surface area contributed by atoms with Crippen molar-refractivity contribution in [2.45, 2.75) is 101 Å². The summed E-state index contributed by atoms with van der Waals surface area (Å²) in [6.45, 7) is 8.67. The first-order chi connectivity index (χ1) is 20.3. The van der Waals surface area contributed by atoms with Crippen molar-refractivity contribution in [2.24, 2.45) is 11.8 Å². The molecule has 3 amide bonds. The third kappa shape index (κ3) is 6.35. The summed E-state index contributed by atoms with van der Waals surface area (Å²) in [6, 6.07) is 11.7. The van der Waals surface area contributed by atoms with Crippen LogP contribution >= 0.6 is 0 Å². The first-order valence-electron chi connectivity index (χ1n) is 16.4. The average Bonchev–Trinajstić information content (AvgIpc) is 3.40. The number of rotatable bonds is 9. The van der Waals surface area contributed by atoms with Gasteiger partial charge >= 0.3 is 6.03 Å². The molecule has 0 aromatic heterocycles. The van der Waals surface area contributed by atoms with Crippen molar-refractivity contribution in [3.8, 4) is 0 Å². The summed E-state index contributed by atoms with van der Waals surface area (Å²) in [5.41, 5.74) is 1.08. The lowest BCUT2D eigenvalue weighted by molar-refractivity contribution is -0.126. The molecule has 8 nitrogen and oxygen atoms in total. The highest BCUT2D eigenvalue weighted by Gasteiger charge is 2.57. The molecule has 6 rings (SSSR count). The predicted molar refractivity (Wildman–Crippen MR) is 166 cm³/mol. The minimum atomic E-state index is -0.770. The highest BCUT2D eigenvalue weighted by atomic mass is 32.2. The van der Waals surface area contributed by atoms with E-state index in [9.17, 15) is 14.1 Å². The maximum absolute atomic E-state index is 13.8. The first-order valence-corrected chi connectivity index (χ1v) is 17.9. The van der Waals surface area contributed by atoms with Gasteiger partial charge in [-0.2, -0.15) is 0 Å². The normalized spacial score (nSPS) is 33.1. The van der Waals surface area contributed by atoms with Gasteiger partial charge in [-0.25, -0.2) is 4.79 Å². The molecule has 5 aliphatic rings. The zero-order valence-electron chi connectivity index (χ0n) is 25.5. The summed E-state index contributed by atoms with van der Waals surface area (Å²) < 4.78 is 17.4. The molecule has 9 heteroatoms. The molecule has 0 aliphatic carbocycles. The van der Waals surface area contributed by atoms with Gasteiger partial charge in [0.2, 0.25) is 5.91 Å². The monoisotopic (exact) mass is 598 g/mol. The number of nitrogens with zero attached hydrogens (tertiary/aromatic N) is 3. The molecule has 1 aromatic rings. The molecule has 232 valence electrons. The second kappa shape index (κ2) is 13.0. The number of ether oxygens (including phenoxy) is 1. The molecule has 1 spiro atoms. The van der Waals surface area contributed by atoms with Gasteiger partial charge in [0.15, 0.2) is 0 Å². The van der Waals surface area contributed by atoms with Crippen molar-refractivity contribution in [3.05, 3.63) is 35.9 Å². The van der Waals surface area contributed by atoms with E-state index in [2.05, 4.69) is 58.1 Å². The lowest BCUT2D eigenvalue weighted by Gasteiger charge is -2.49. The molecule has 1 N–H and O–H groups in total. The highest BCUT2D eigenvalue weighted by Crippen LogP contribution is 2.48. The Morgan fingerprint density at radius 3 is 2.36 bits per heavy atom. The Morgan fingerprint density at radius 1 is 1.05 bits per heavy atom. The van der Waals surface area contributed by atoms with E-state index in [0.717, 1.165) is 83.4 Å². The Balaban J connectivity index is 1.12. The molecule has 2 unspecified atom stereocenters. The number of carbonyl (C=O) groups excluding carboxylic acids is 2. The van der Waals surface area contributed by atoms with Gasteiger partial charge in [0.05, 0.1) is 11.6 Å². The summed E-state index contributed by atoms with van der Waals surface area (Å²) in [5, 5.41) is 3.40. The van der Waals surface area contributed by atoms with Crippen molar-refractivity contribution in [3.63, 3.8) is 0 Å². The van der Waals surface area contributed by atoms with E-state index >= 15 is 0 Å². The number of hydrogen-bond acceptors (Lipinski definition) is 5. The van der Waals surface area contributed by atoms with Gasteiger partial charge < -0.3 is 24.4 Å². The molecule has 3 atom stereocenters. The van der Waals surface area contributed by atoms with E-state index in [-0.39, 0.29) is 35.5 Å². The molecular formula is C33H50N4O4S. The van der Waals surface area contributed by atoms with Crippen molar-refractivity contribution in [1.82, 2.24) is 20.0 Å². The zero-order valence-corrected chi connectivity index (χ0v) is 26.4. The SMILES string of the molecule is CC(C)N1C(=O)N(CC2CCOCC2)CC12CC1CCC(C2)N1CC[C@H](NC(=O)C1CC[S+]([O-])CC1)c1ccccc1. The lowest BCUT2D eigenvalue weighted by Crippen LogP contribution is -2.60. The molecule has 5 saturated heterocycles. The number of amides is 3. The van der Waals surface area contributed by atoms with Crippen molar-refractivity contribution < 1.29 is 18.9 Å². The third-order valence-corrected chi connectivity index (χ3v) is 12.1. The zero-order chi connectivity index (χ0) is 29.3. The van der Waals surface area contributed by atoms with Crippen molar-refractivity contribution in [2.75, 3.05) is 44.4 Å².